The van der Waals surface area contributed by atoms with Crippen molar-refractivity contribution in [3.05, 3.63) is 29.8 Å². The van der Waals surface area contributed by atoms with Gasteiger partial charge in [-0.15, -0.1) is 0 Å². The molecule has 21 heavy (non-hydrogen) atoms. The number of rotatable bonds is 3. The molecule has 1 aliphatic carbocycles. The van der Waals surface area contributed by atoms with E-state index in [-0.39, 0.29) is 6.03 Å². The Balaban J connectivity index is 1.93. The van der Waals surface area contributed by atoms with E-state index in [0.717, 1.165) is 24.1 Å². The van der Waals surface area contributed by atoms with Gasteiger partial charge >= 0.3 is 6.03 Å². The van der Waals surface area contributed by atoms with E-state index in [4.69, 9.17) is 5.73 Å². The second-order valence-corrected chi connectivity index (χ2v) is 6.84. The van der Waals surface area contributed by atoms with Crippen molar-refractivity contribution >= 4 is 11.7 Å². The summed E-state index contributed by atoms with van der Waals surface area (Å²) >= 11 is 0. The lowest BCUT2D eigenvalue weighted by Gasteiger charge is -2.38. The van der Waals surface area contributed by atoms with Crippen LogP contribution in [-0.2, 0) is 6.54 Å². The van der Waals surface area contributed by atoms with Gasteiger partial charge in [-0.25, -0.2) is 4.79 Å². The summed E-state index contributed by atoms with van der Waals surface area (Å²) in [5, 5.41) is 2.97. The SMILES string of the molecule is CN(C(=O)Nc1cccc(CN)c1)C1CCC(C)(C)CC1. The van der Waals surface area contributed by atoms with Gasteiger partial charge in [0.1, 0.15) is 0 Å². The Morgan fingerprint density at radius 1 is 1.38 bits per heavy atom. The fourth-order valence-corrected chi connectivity index (χ4v) is 2.92. The molecule has 0 saturated heterocycles. The van der Waals surface area contributed by atoms with Crippen LogP contribution < -0.4 is 11.1 Å². The molecular weight excluding hydrogens is 262 g/mol. The van der Waals surface area contributed by atoms with Crippen LogP contribution in [0.3, 0.4) is 0 Å². The van der Waals surface area contributed by atoms with E-state index < -0.39 is 0 Å². The molecule has 1 aliphatic rings. The first-order chi connectivity index (χ1) is 9.91. The van der Waals surface area contributed by atoms with Crippen molar-refractivity contribution in [2.24, 2.45) is 11.1 Å². The molecule has 0 spiro atoms. The van der Waals surface area contributed by atoms with E-state index in [1.807, 2.05) is 36.2 Å². The molecule has 0 heterocycles. The second-order valence-electron chi connectivity index (χ2n) is 6.84. The number of urea groups is 1. The Morgan fingerprint density at radius 3 is 2.67 bits per heavy atom. The van der Waals surface area contributed by atoms with Gasteiger partial charge in [-0.05, 0) is 48.8 Å². The molecule has 3 N–H and O–H groups in total. The zero-order chi connectivity index (χ0) is 15.5. The predicted molar refractivity (Wildman–Crippen MR) is 87.2 cm³/mol. The number of nitrogens with one attached hydrogen (secondary N) is 1. The number of nitrogens with zero attached hydrogens (tertiary/aromatic N) is 1. The summed E-state index contributed by atoms with van der Waals surface area (Å²) in [5.41, 5.74) is 7.88. The third kappa shape index (κ3) is 4.21. The standard InChI is InChI=1S/C17H27N3O/c1-17(2)9-7-15(8-10-17)20(3)16(21)19-14-6-4-5-13(11-14)12-18/h4-6,11,15H,7-10,12,18H2,1-3H3,(H,19,21). The Labute approximate surface area is 127 Å². The lowest BCUT2D eigenvalue weighted by atomic mass is 9.75. The largest absolute Gasteiger partial charge is 0.326 e. The van der Waals surface area contributed by atoms with Crippen LogP contribution in [0.2, 0.25) is 0 Å². The number of anilines is 1. The number of nitrogens with two attached hydrogens (primary N) is 1. The van der Waals surface area contributed by atoms with Crippen molar-refractivity contribution in [1.29, 1.82) is 0 Å². The van der Waals surface area contributed by atoms with E-state index in [0.29, 0.717) is 18.0 Å². The molecule has 0 unspecified atom stereocenters. The summed E-state index contributed by atoms with van der Waals surface area (Å²) in [6.45, 7) is 5.10. The predicted octanol–water partition coefficient (Wildman–Crippen LogP) is 3.58. The van der Waals surface area contributed by atoms with Gasteiger partial charge in [-0.1, -0.05) is 26.0 Å². The van der Waals surface area contributed by atoms with Gasteiger partial charge in [-0.3, -0.25) is 0 Å². The Hall–Kier alpha value is -1.55. The third-order valence-corrected chi connectivity index (χ3v) is 4.59. The molecule has 1 aromatic rings. The van der Waals surface area contributed by atoms with Crippen LogP contribution in [0.15, 0.2) is 24.3 Å². The number of amides is 2. The minimum Gasteiger partial charge on any atom is -0.326 e. The molecule has 2 amide bonds. The zero-order valence-corrected chi connectivity index (χ0v) is 13.4. The van der Waals surface area contributed by atoms with E-state index in [1.165, 1.54) is 12.8 Å². The van der Waals surface area contributed by atoms with Gasteiger partial charge in [-0.2, -0.15) is 0 Å². The number of carbonyl (C=O) groups excluding carboxylic acids is 1. The molecule has 1 saturated carbocycles. The normalized spacial score (nSPS) is 18.3. The molecule has 2 rings (SSSR count). The highest BCUT2D eigenvalue weighted by atomic mass is 16.2. The van der Waals surface area contributed by atoms with Crippen molar-refractivity contribution in [2.75, 3.05) is 12.4 Å². The summed E-state index contributed by atoms with van der Waals surface area (Å²) in [7, 11) is 1.89. The summed E-state index contributed by atoms with van der Waals surface area (Å²) in [4.78, 5) is 14.2. The van der Waals surface area contributed by atoms with Crippen LogP contribution in [0.4, 0.5) is 10.5 Å². The molecule has 1 fully saturated rings. The Bertz CT molecular complexity index is 489. The van der Waals surface area contributed by atoms with Crippen LogP contribution in [0, 0.1) is 5.41 Å². The highest BCUT2D eigenvalue weighted by molar-refractivity contribution is 5.89. The first kappa shape index (κ1) is 15.8. The molecule has 0 aromatic heterocycles. The third-order valence-electron chi connectivity index (χ3n) is 4.59. The van der Waals surface area contributed by atoms with Crippen molar-refractivity contribution < 1.29 is 4.79 Å². The lowest BCUT2D eigenvalue weighted by molar-refractivity contribution is 0.142. The van der Waals surface area contributed by atoms with E-state index in [9.17, 15) is 4.79 Å². The van der Waals surface area contributed by atoms with Crippen LogP contribution in [0.5, 0.6) is 0 Å². The molecule has 116 valence electrons. The smallest absolute Gasteiger partial charge is 0.321 e. The first-order valence-corrected chi connectivity index (χ1v) is 7.74. The van der Waals surface area contributed by atoms with Crippen molar-refractivity contribution in [3.63, 3.8) is 0 Å². The first-order valence-electron chi connectivity index (χ1n) is 7.74. The van der Waals surface area contributed by atoms with Crippen LogP contribution >= 0.6 is 0 Å². The molecule has 0 radical (unpaired) electrons. The van der Waals surface area contributed by atoms with E-state index in [2.05, 4.69) is 19.2 Å². The zero-order valence-electron chi connectivity index (χ0n) is 13.4. The topological polar surface area (TPSA) is 58.4 Å². The van der Waals surface area contributed by atoms with Gasteiger partial charge in [0.25, 0.3) is 0 Å². The molecule has 0 aliphatic heterocycles. The van der Waals surface area contributed by atoms with E-state index in [1.54, 1.807) is 0 Å². The van der Waals surface area contributed by atoms with Crippen LogP contribution in [0.25, 0.3) is 0 Å². The molecule has 4 heteroatoms. The van der Waals surface area contributed by atoms with Crippen molar-refractivity contribution in [1.82, 2.24) is 4.90 Å². The Morgan fingerprint density at radius 2 is 2.05 bits per heavy atom. The number of hydrogen-bond donors (Lipinski definition) is 2. The fourth-order valence-electron chi connectivity index (χ4n) is 2.92. The highest BCUT2D eigenvalue weighted by Crippen LogP contribution is 2.36. The molecule has 0 atom stereocenters. The lowest BCUT2D eigenvalue weighted by Crippen LogP contribution is -2.42. The van der Waals surface area contributed by atoms with Crippen molar-refractivity contribution in [3.8, 4) is 0 Å². The maximum absolute atomic E-state index is 12.4. The van der Waals surface area contributed by atoms with Crippen LogP contribution in [-0.4, -0.2) is 24.0 Å². The minimum absolute atomic E-state index is 0.0334. The van der Waals surface area contributed by atoms with Gasteiger partial charge < -0.3 is 16.0 Å². The molecule has 4 nitrogen and oxygen atoms in total. The average molecular weight is 289 g/mol. The highest BCUT2D eigenvalue weighted by Gasteiger charge is 2.30. The second kappa shape index (κ2) is 6.48. The maximum Gasteiger partial charge on any atom is 0.321 e. The average Bonchev–Trinajstić information content (AvgIpc) is 2.46. The molecule has 0 bridgehead atoms. The quantitative estimate of drug-likeness (QED) is 0.893. The number of hydrogen-bond acceptors (Lipinski definition) is 2. The van der Waals surface area contributed by atoms with Gasteiger partial charge in [0, 0.05) is 25.3 Å². The minimum atomic E-state index is -0.0334. The summed E-state index contributed by atoms with van der Waals surface area (Å²) in [6, 6.07) is 8.01. The summed E-state index contributed by atoms with van der Waals surface area (Å²) < 4.78 is 0. The van der Waals surface area contributed by atoms with Gasteiger partial charge in [0.15, 0.2) is 0 Å². The van der Waals surface area contributed by atoms with Crippen LogP contribution in [0.1, 0.15) is 45.1 Å². The fraction of sp³-hybridized carbons (Fsp3) is 0.588. The summed E-state index contributed by atoms with van der Waals surface area (Å²) in [5.74, 6) is 0. The van der Waals surface area contributed by atoms with E-state index >= 15 is 0 Å². The maximum atomic E-state index is 12.4. The molecular formula is C17H27N3O. The number of benzene rings is 1. The van der Waals surface area contributed by atoms with Crippen molar-refractivity contribution in [2.45, 2.75) is 52.1 Å². The van der Waals surface area contributed by atoms with Gasteiger partial charge in [0.2, 0.25) is 0 Å². The molecule has 1 aromatic carbocycles. The van der Waals surface area contributed by atoms with Gasteiger partial charge in [0.05, 0.1) is 0 Å². The number of carbonyl (C=O) groups is 1. The Kier molecular flexibility index (Phi) is 4.88. The monoisotopic (exact) mass is 289 g/mol. The summed E-state index contributed by atoms with van der Waals surface area (Å²) in [6.07, 6.45) is 4.52.